The Hall–Kier alpha value is -6.65. The van der Waals surface area contributed by atoms with Gasteiger partial charge in [-0.3, -0.25) is 0 Å². The maximum absolute atomic E-state index is 6.40. The maximum Gasteiger partial charge on any atom is 2.00 e. The average Bonchev–Trinajstić information content (AvgIpc) is 3.60. The molecule has 10 rings (SSSR count). The van der Waals surface area contributed by atoms with Gasteiger partial charge in [0.2, 0.25) is 5.95 Å². The van der Waals surface area contributed by atoms with Crippen molar-refractivity contribution in [3.8, 4) is 73.7 Å². The van der Waals surface area contributed by atoms with Crippen LogP contribution in [0.3, 0.4) is 0 Å². The van der Waals surface area contributed by atoms with E-state index in [1.807, 2.05) is 89.8 Å². The second kappa shape index (κ2) is 18.4. The van der Waals surface area contributed by atoms with Crippen LogP contribution in [0, 0.1) is 52.0 Å². The third-order valence-electron chi connectivity index (χ3n) is 10.8. The van der Waals surface area contributed by atoms with E-state index < -0.39 is 0 Å². The summed E-state index contributed by atoms with van der Waals surface area (Å²) in [6.07, 6.45) is 6.77. The molecule has 0 N–H and O–H groups in total. The van der Waals surface area contributed by atoms with Crippen LogP contribution in [0.15, 0.2) is 146 Å². The van der Waals surface area contributed by atoms with Crippen molar-refractivity contribution in [1.82, 2.24) is 29.5 Å². The Labute approximate surface area is 393 Å². The van der Waals surface area contributed by atoms with Gasteiger partial charge < -0.3 is 24.0 Å². The van der Waals surface area contributed by atoms with E-state index >= 15 is 0 Å². The monoisotopic (exact) mass is 1000 g/mol. The summed E-state index contributed by atoms with van der Waals surface area (Å²) >= 11 is 0. The fourth-order valence-electron chi connectivity index (χ4n) is 7.99. The van der Waals surface area contributed by atoms with Gasteiger partial charge in [-0.2, -0.15) is 22.9 Å². The maximum atomic E-state index is 6.40. The molecule has 0 radical (unpaired) electrons. The van der Waals surface area contributed by atoms with Gasteiger partial charge >= 0.3 is 40.8 Å². The molecule has 0 saturated heterocycles. The minimum atomic E-state index is 0. The fraction of sp³-hybridized carbons (Fsp3) is 0.0755. The largest absolute Gasteiger partial charge is 2.00 e. The van der Waals surface area contributed by atoms with Crippen molar-refractivity contribution >= 4 is 21.8 Å². The molecule has 0 bridgehead atoms. The third kappa shape index (κ3) is 8.60. The van der Waals surface area contributed by atoms with Crippen LogP contribution in [0.25, 0.3) is 72.5 Å². The molecule has 0 atom stereocenters. The summed E-state index contributed by atoms with van der Waals surface area (Å²) < 4.78 is 14.7. The third-order valence-corrected chi connectivity index (χ3v) is 10.8. The molecule has 10 heteroatoms. The average molecular weight is 1000 g/mol. The van der Waals surface area contributed by atoms with Gasteiger partial charge in [0.15, 0.2) is 0 Å². The van der Waals surface area contributed by atoms with Crippen LogP contribution in [0.4, 0.5) is 0 Å². The Morgan fingerprint density at radius 3 is 1.25 bits per heavy atom. The standard InChI is InChI=1S/C53H36N6O2.2Pd/c1-33-9-5-10-34(2)51(33)39-17-23-47(55-29-39)37-13-7-15-41(25-37)60-43-19-21-45-46-22-20-44(28-50(46)59(49(45)27-43)53-57-31-54-32-58-53)61-42-16-8-14-38(26-42)48-24-18-40(30-56-48)52-35(3)11-6-12-36(52)4;;/h5-24,29-32H,1-4H3;;/q-4;2*+2. The smallest absolute Gasteiger partial charge is 0.503 e. The number of rotatable bonds is 9. The zero-order chi connectivity index (χ0) is 41.5. The Kier molecular flexibility index (Phi) is 12.5. The molecular weight excluding hydrogens is 965 g/mol. The van der Waals surface area contributed by atoms with Gasteiger partial charge in [-0.1, -0.05) is 83.8 Å². The van der Waals surface area contributed by atoms with Crippen molar-refractivity contribution in [3.63, 3.8) is 0 Å². The topological polar surface area (TPSA) is 87.8 Å². The van der Waals surface area contributed by atoms with Crippen LogP contribution in [0.1, 0.15) is 22.3 Å². The van der Waals surface area contributed by atoms with E-state index in [-0.39, 0.29) is 40.8 Å². The number of pyridine rings is 2. The molecule has 310 valence electrons. The number of aryl methyl sites for hydroxylation is 4. The van der Waals surface area contributed by atoms with Gasteiger partial charge in [0.1, 0.15) is 12.7 Å². The number of nitrogens with zero attached hydrogens (tertiary/aromatic N) is 6. The number of hydrogen-bond acceptors (Lipinski definition) is 7. The van der Waals surface area contributed by atoms with Crippen molar-refractivity contribution in [2.45, 2.75) is 27.7 Å². The Morgan fingerprint density at radius 1 is 0.429 bits per heavy atom. The van der Waals surface area contributed by atoms with E-state index in [0.29, 0.717) is 40.0 Å². The van der Waals surface area contributed by atoms with E-state index in [9.17, 15) is 0 Å². The van der Waals surface area contributed by atoms with E-state index in [1.54, 1.807) is 0 Å². The normalized spacial score (nSPS) is 10.9. The minimum Gasteiger partial charge on any atom is -0.503 e. The van der Waals surface area contributed by atoms with Crippen molar-refractivity contribution in [2.75, 3.05) is 0 Å². The van der Waals surface area contributed by atoms with Crippen LogP contribution in [-0.4, -0.2) is 29.5 Å². The molecule has 0 aliphatic carbocycles. The van der Waals surface area contributed by atoms with Crippen LogP contribution >= 0.6 is 0 Å². The first-order valence-electron chi connectivity index (χ1n) is 19.9. The summed E-state index contributed by atoms with van der Waals surface area (Å²) in [6, 6.07) is 54.0. The van der Waals surface area contributed by atoms with Crippen LogP contribution in [0.2, 0.25) is 0 Å². The second-order valence-corrected chi connectivity index (χ2v) is 14.9. The van der Waals surface area contributed by atoms with Crippen molar-refractivity contribution in [3.05, 3.63) is 193 Å². The molecule has 0 fully saturated rings. The molecule has 0 unspecified atom stereocenters. The Balaban J connectivity index is 0.00000272. The van der Waals surface area contributed by atoms with Gasteiger partial charge in [-0.15, -0.1) is 71.8 Å². The summed E-state index contributed by atoms with van der Waals surface area (Å²) in [5.74, 6) is 2.46. The van der Waals surface area contributed by atoms with E-state index in [0.717, 1.165) is 44.4 Å². The summed E-state index contributed by atoms with van der Waals surface area (Å²) in [5.41, 5.74) is 14.1. The van der Waals surface area contributed by atoms with Gasteiger partial charge in [-0.05, 0) is 83.6 Å². The van der Waals surface area contributed by atoms with Crippen molar-refractivity contribution in [2.24, 2.45) is 0 Å². The predicted octanol–water partition coefficient (Wildman–Crippen LogP) is 12.4. The van der Waals surface area contributed by atoms with E-state index in [1.165, 1.54) is 46.0 Å². The van der Waals surface area contributed by atoms with Crippen molar-refractivity contribution < 1.29 is 50.3 Å². The van der Waals surface area contributed by atoms with Gasteiger partial charge in [0.05, 0.1) is 0 Å². The summed E-state index contributed by atoms with van der Waals surface area (Å²) in [5, 5.41) is 1.83. The summed E-state index contributed by atoms with van der Waals surface area (Å²) in [4.78, 5) is 22.7. The minimum absolute atomic E-state index is 0. The molecule has 6 aromatic carbocycles. The van der Waals surface area contributed by atoms with Gasteiger partial charge in [0.25, 0.3) is 0 Å². The quantitative estimate of drug-likeness (QED) is 0.105. The van der Waals surface area contributed by atoms with Gasteiger partial charge in [0, 0.05) is 35.4 Å². The molecule has 0 spiro atoms. The fourth-order valence-corrected chi connectivity index (χ4v) is 7.99. The molecule has 4 heterocycles. The number of benzene rings is 6. The van der Waals surface area contributed by atoms with Crippen LogP contribution in [-0.2, 0) is 40.8 Å². The zero-order valence-electron chi connectivity index (χ0n) is 34.5. The molecule has 8 nitrogen and oxygen atoms in total. The molecule has 0 aliphatic rings. The number of hydrogen-bond donors (Lipinski definition) is 0. The van der Waals surface area contributed by atoms with Crippen molar-refractivity contribution in [1.29, 1.82) is 0 Å². The first-order chi connectivity index (χ1) is 29.9. The molecule has 63 heavy (non-hydrogen) atoms. The molecular formula is C53H36N6O2Pd2. The molecule has 0 amide bonds. The van der Waals surface area contributed by atoms with E-state index in [2.05, 4.69) is 115 Å². The zero-order valence-corrected chi connectivity index (χ0v) is 37.6. The summed E-state index contributed by atoms with van der Waals surface area (Å²) in [6.45, 7) is 8.50. The number of ether oxygens (including phenoxy) is 2. The Bertz CT molecular complexity index is 3010. The van der Waals surface area contributed by atoms with Crippen LogP contribution < -0.4 is 9.47 Å². The Morgan fingerprint density at radius 2 is 0.841 bits per heavy atom. The molecule has 10 aromatic rings. The molecule has 0 saturated carbocycles. The molecule has 4 aromatic heterocycles. The number of aromatic nitrogens is 6. The first kappa shape index (κ1) is 43.0. The number of fused-ring (bicyclic) bond motifs is 3. The SMILES string of the molecule is Cc1cccc(C)c1-c1ccc(-c2[c-]c(Oc3[c-]c4c(cc3)c3ccc(Oc5[c-]c(-c6ccc(-c7c(C)cccc7C)cn6)ccc5)[c-]c3n4-c3ncncn3)ccc2)nc1.[Pd+2].[Pd+2]. The van der Waals surface area contributed by atoms with Gasteiger partial charge in [-0.25, -0.2) is 15.0 Å². The molecule has 0 aliphatic heterocycles. The van der Waals surface area contributed by atoms with Crippen LogP contribution in [0.5, 0.6) is 23.0 Å². The first-order valence-corrected chi connectivity index (χ1v) is 19.9. The second-order valence-electron chi connectivity index (χ2n) is 14.9. The summed E-state index contributed by atoms with van der Waals surface area (Å²) in [7, 11) is 0. The predicted molar refractivity (Wildman–Crippen MR) is 239 cm³/mol. The van der Waals surface area contributed by atoms with E-state index in [4.69, 9.17) is 19.4 Å².